The van der Waals surface area contributed by atoms with Gasteiger partial charge in [0.25, 0.3) is 0 Å². The number of aromatic carboxylic acids is 1. The molecule has 26 heavy (non-hydrogen) atoms. The van der Waals surface area contributed by atoms with Gasteiger partial charge < -0.3 is 14.9 Å². The lowest BCUT2D eigenvalue weighted by atomic mass is 10.00. The van der Waals surface area contributed by atoms with E-state index in [-0.39, 0.29) is 17.1 Å². The average Bonchev–Trinajstić information content (AvgIpc) is 2.54. The van der Waals surface area contributed by atoms with Crippen LogP contribution in [0.1, 0.15) is 75.7 Å². The molecule has 0 aliphatic heterocycles. The summed E-state index contributed by atoms with van der Waals surface area (Å²) >= 11 is 0. The molecule has 0 aliphatic carbocycles. The molecule has 4 nitrogen and oxygen atoms in total. The summed E-state index contributed by atoms with van der Waals surface area (Å²) in [5, 5.41) is 19.5. The van der Waals surface area contributed by atoms with Crippen LogP contribution in [0.4, 0.5) is 0 Å². The molecule has 0 atom stereocenters. The van der Waals surface area contributed by atoms with E-state index in [9.17, 15) is 15.0 Å². The number of carbonyl (C=O) groups is 1. The SMILES string of the molecule is CCCCCc1cc(O)cc(OC/C=C(\C)CCC=C(C)C)c1C(=O)O. The zero-order valence-corrected chi connectivity index (χ0v) is 16.5. The lowest BCUT2D eigenvalue weighted by molar-refractivity contribution is 0.0691. The van der Waals surface area contributed by atoms with Crippen LogP contribution in [-0.4, -0.2) is 22.8 Å². The standard InChI is InChI=1S/C22H32O4/c1-5-6-7-11-18-14-19(23)15-20(21(18)22(24)25)26-13-12-17(4)10-8-9-16(2)3/h9,12,14-15,23H,5-8,10-11,13H2,1-4H3,(H,24,25)/b17-12+. The number of phenols is 1. The predicted molar refractivity (Wildman–Crippen MR) is 106 cm³/mol. The van der Waals surface area contributed by atoms with E-state index < -0.39 is 5.97 Å². The van der Waals surface area contributed by atoms with Crippen molar-refractivity contribution in [2.75, 3.05) is 6.61 Å². The van der Waals surface area contributed by atoms with Gasteiger partial charge >= 0.3 is 5.97 Å². The monoisotopic (exact) mass is 360 g/mol. The summed E-state index contributed by atoms with van der Waals surface area (Å²) < 4.78 is 5.69. The Bertz CT molecular complexity index is 652. The molecular formula is C22H32O4. The van der Waals surface area contributed by atoms with E-state index in [1.54, 1.807) is 0 Å². The lowest BCUT2D eigenvalue weighted by Crippen LogP contribution is -2.08. The molecule has 0 spiro atoms. The third kappa shape index (κ3) is 7.77. The van der Waals surface area contributed by atoms with E-state index in [0.29, 0.717) is 18.6 Å². The summed E-state index contributed by atoms with van der Waals surface area (Å²) in [6, 6.07) is 2.92. The number of hydrogen-bond donors (Lipinski definition) is 2. The number of aromatic hydroxyl groups is 1. The van der Waals surface area contributed by atoms with E-state index in [1.807, 2.05) is 13.0 Å². The van der Waals surface area contributed by atoms with Crippen LogP contribution in [0.2, 0.25) is 0 Å². The normalized spacial score (nSPS) is 11.3. The van der Waals surface area contributed by atoms with Crippen LogP contribution >= 0.6 is 0 Å². The first-order valence-electron chi connectivity index (χ1n) is 9.36. The summed E-state index contributed by atoms with van der Waals surface area (Å²) in [7, 11) is 0. The van der Waals surface area contributed by atoms with Crippen molar-refractivity contribution in [2.24, 2.45) is 0 Å². The molecule has 0 fully saturated rings. The van der Waals surface area contributed by atoms with E-state index in [0.717, 1.165) is 32.1 Å². The molecule has 0 aliphatic rings. The van der Waals surface area contributed by atoms with Gasteiger partial charge in [-0.05, 0) is 64.2 Å². The molecule has 0 aromatic heterocycles. The van der Waals surface area contributed by atoms with Crippen LogP contribution in [-0.2, 0) is 6.42 Å². The van der Waals surface area contributed by atoms with E-state index in [4.69, 9.17) is 4.74 Å². The Balaban J connectivity index is 2.84. The highest BCUT2D eigenvalue weighted by Crippen LogP contribution is 2.30. The van der Waals surface area contributed by atoms with Crippen molar-refractivity contribution in [3.05, 3.63) is 46.6 Å². The molecule has 2 N–H and O–H groups in total. The largest absolute Gasteiger partial charge is 0.508 e. The van der Waals surface area contributed by atoms with Gasteiger partial charge in [-0.2, -0.15) is 0 Å². The summed E-state index contributed by atoms with van der Waals surface area (Å²) in [6.45, 7) is 8.59. The number of carboxylic acid groups (broad SMARTS) is 1. The molecule has 1 rings (SSSR count). The summed E-state index contributed by atoms with van der Waals surface area (Å²) in [5.74, 6) is -0.742. The van der Waals surface area contributed by atoms with Crippen molar-refractivity contribution in [1.82, 2.24) is 0 Å². The minimum absolute atomic E-state index is 0.0424. The molecule has 0 bridgehead atoms. The fourth-order valence-electron chi connectivity index (χ4n) is 2.74. The number of allylic oxidation sites excluding steroid dienone is 3. The maximum Gasteiger partial charge on any atom is 0.339 e. The van der Waals surface area contributed by atoms with Gasteiger partial charge in [-0.3, -0.25) is 0 Å². The van der Waals surface area contributed by atoms with Gasteiger partial charge in [0.2, 0.25) is 0 Å². The second-order valence-corrected chi connectivity index (χ2v) is 6.92. The molecule has 0 saturated heterocycles. The summed E-state index contributed by atoms with van der Waals surface area (Å²) in [6.07, 6.45) is 9.69. The number of benzene rings is 1. The minimum Gasteiger partial charge on any atom is -0.508 e. The summed E-state index contributed by atoms with van der Waals surface area (Å²) in [4.78, 5) is 11.7. The highest BCUT2D eigenvalue weighted by atomic mass is 16.5. The number of ether oxygens (including phenoxy) is 1. The molecule has 1 aromatic carbocycles. The van der Waals surface area contributed by atoms with Gasteiger partial charge in [-0.25, -0.2) is 4.79 Å². The Morgan fingerprint density at radius 1 is 1.15 bits per heavy atom. The zero-order chi connectivity index (χ0) is 19.5. The van der Waals surface area contributed by atoms with Crippen molar-refractivity contribution in [3.63, 3.8) is 0 Å². The average molecular weight is 360 g/mol. The highest BCUT2D eigenvalue weighted by Gasteiger charge is 2.18. The van der Waals surface area contributed by atoms with Crippen LogP contribution in [0.5, 0.6) is 11.5 Å². The first-order valence-corrected chi connectivity index (χ1v) is 9.36. The highest BCUT2D eigenvalue weighted by molar-refractivity contribution is 5.93. The van der Waals surface area contributed by atoms with E-state index in [1.165, 1.54) is 23.3 Å². The number of phenolic OH excluding ortho intramolecular Hbond substituents is 1. The Labute approximate surface area is 157 Å². The molecule has 0 unspecified atom stereocenters. The molecular weight excluding hydrogens is 328 g/mol. The van der Waals surface area contributed by atoms with Crippen LogP contribution in [0.3, 0.4) is 0 Å². The lowest BCUT2D eigenvalue weighted by Gasteiger charge is -2.13. The molecule has 0 radical (unpaired) electrons. The Kier molecular flexibility index (Phi) is 9.56. The van der Waals surface area contributed by atoms with Crippen molar-refractivity contribution < 1.29 is 19.7 Å². The number of rotatable bonds is 11. The second-order valence-electron chi connectivity index (χ2n) is 6.92. The Hall–Kier alpha value is -2.23. The van der Waals surface area contributed by atoms with Crippen molar-refractivity contribution in [3.8, 4) is 11.5 Å². The van der Waals surface area contributed by atoms with Crippen molar-refractivity contribution >= 4 is 5.97 Å². The maximum atomic E-state index is 11.7. The van der Waals surface area contributed by atoms with Gasteiger partial charge in [-0.1, -0.05) is 37.0 Å². The van der Waals surface area contributed by atoms with Gasteiger partial charge in [0.1, 0.15) is 23.7 Å². The topological polar surface area (TPSA) is 66.8 Å². The molecule has 0 saturated carbocycles. The predicted octanol–water partition coefficient (Wildman–Crippen LogP) is 5.89. The molecule has 1 aromatic rings. The first-order chi connectivity index (χ1) is 12.3. The maximum absolute atomic E-state index is 11.7. The molecule has 4 heteroatoms. The first kappa shape index (κ1) is 21.8. The van der Waals surface area contributed by atoms with E-state index >= 15 is 0 Å². The molecule has 144 valence electrons. The summed E-state index contributed by atoms with van der Waals surface area (Å²) in [5.41, 5.74) is 3.29. The fourth-order valence-corrected chi connectivity index (χ4v) is 2.74. The Morgan fingerprint density at radius 2 is 1.88 bits per heavy atom. The van der Waals surface area contributed by atoms with Crippen LogP contribution in [0.25, 0.3) is 0 Å². The van der Waals surface area contributed by atoms with E-state index in [2.05, 4.69) is 26.8 Å². The number of hydrogen-bond acceptors (Lipinski definition) is 3. The zero-order valence-electron chi connectivity index (χ0n) is 16.5. The molecule has 0 heterocycles. The Morgan fingerprint density at radius 3 is 2.50 bits per heavy atom. The van der Waals surface area contributed by atoms with Gasteiger partial charge in [0, 0.05) is 6.07 Å². The minimum atomic E-state index is -1.02. The third-order valence-corrected chi connectivity index (χ3v) is 4.19. The van der Waals surface area contributed by atoms with Crippen molar-refractivity contribution in [2.45, 2.75) is 66.2 Å². The number of aryl methyl sites for hydroxylation is 1. The fraction of sp³-hybridized carbons (Fsp3) is 0.500. The van der Waals surface area contributed by atoms with Crippen LogP contribution < -0.4 is 4.74 Å². The second kappa shape index (κ2) is 11.4. The van der Waals surface area contributed by atoms with Gasteiger partial charge in [0.15, 0.2) is 0 Å². The van der Waals surface area contributed by atoms with Gasteiger partial charge in [0.05, 0.1) is 0 Å². The quantitative estimate of drug-likeness (QED) is 0.381. The molecule has 0 amide bonds. The van der Waals surface area contributed by atoms with Gasteiger partial charge in [-0.15, -0.1) is 0 Å². The van der Waals surface area contributed by atoms with Crippen molar-refractivity contribution in [1.29, 1.82) is 0 Å². The number of unbranched alkanes of at least 4 members (excludes halogenated alkanes) is 2. The smallest absolute Gasteiger partial charge is 0.339 e. The number of carboxylic acids is 1. The van der Waals surface area contributed by atoms with Crippen LogP contribution in [0, 0.1) is 0 Å². The third-order valence-electron chi connectivity index (χ3n) is 4.19. The van der Waals surface area contributed by atoms with Crippen LogP contribution in [0.15, 0.2) is 35.4 Å².